The number of ketones is 1. The maximum Gasteiger partial charge on any atom is 0.186 e. The quantitative estimate of drug-likeness (QED) is 0.368. The van der Waals surface area contributed by atoms with Crippen molar-refractivity contribution in [1.29, 1.82) is 5.26 Å². The third-order valence-electron chi connectivity index (χ3n) is 10.0. The molecule has 1 aromatic carbocycles. The Hall–Kier alpha value is -2.38. The summed E-state index contributed by atoms with van der Waals surface area (Å²) in [6, 6.07) is 12.0. The summed E-state index contributed by atoms with van der Waals surface area (Å²) in [5.41, 5.74) is -2.25. The van der Waals surface area contributed by atoms with Crippen LogP contribution in [0.1, 0.15) is 58.4 Å². The zero-order valence-corrected chi connectivity index (χ0v) is 25.5. The molecule has 5 rings (SSSR count). The van der Waals surface area contributed by atoms with Crippen molar-refractivity contribution in [3.05, 3.63) is 59.7 Å². The third kappa shape index (κ3) is 6.42. The highest BCUT2D eigenvalue weighted by Gasteiger charge is 2.71. The summed E-state index contributed by atoms with van der Waals surface area (Å²) >= 11 is 1.03. The van der Waals surface area contributed by atoms with Crippen LogP contribution in [0.4, 0.5) is 8.78 Å². The van der Waals surface area contributed by atoms with Gasteiger partial charge in [0.05, 0.1) is 17.9 Å². The Labute approximate surface area is 251 Å². The lowest BCUT2D eigenvalue weighted by Crippen LogP contribution is -2.67. The van der Waals surface area contributed by atoms with Gasteiger partial charge in [0.15, 0.2) is 16.6 Å². The highest BCUT2D eigenvalue weighted by Crippen LogP contribution is 2.68. The van der Waals surface area contributed by atoms with E-state index in [9.17, 15) is 19.9 Å². The van der Waals surface area contributed by atoms with Crippen LogP contribution in [0.25, 0.3) is 0 Å². The van der Waals surface area contributed by atoms with E-state index in [4.69, 9.17) is 5.26 Å². The highest BCUT2D eigenvalue weighted by molar-refractivity contribution is 8.13. The molecule has 3 fully saturated rings. The van der Waals surface area contributed by atoms with Gasteiger partial charge in [-0.15, -0.1) is 0 Å². The summed E-state index contributed by atoms with van der Waals surface area (Å²) in [6.07, 6.45) is 4.92. The lowest BCUT2D eigenvalue weighted by atomic mass is 9.45. The largest absolute Gasteiger partial charge is 0.390 e. The molecular weight excluding hydrogens is 558 g/mol. The number of hydrogen-bond donors (Lipinski definition) is 2. The van der Waals surface area contributed by atoms with Gasteiger partial charge in [-0.05, 0) is 86.0 Å². The molecule has 4 aliphatic rings. The number of benzene rings is 1. The predicted molar refractivity (Wildman–Crippen MR) is 159 cm³/mol. The molecule has 4 aliphatic carbocycles. The molecule has 42 heavy (non-hydrogen) atoms. The number of halogens is 2. The van der Waals surface area contributed by atoms with Gasteiger partial charge in [0.1, 0.15) is 6.17 Å². The molecule has 0 aliphatic heterocycles. The van der Waals surface area contributed by atoms with Crippen LogP contribution in [-0.2, 0) is 16.0 Å². The number of carbonyl (C=O) groups is 2. The SMILES string of the molecule is CC(=O)SCC#N.CC12CC(O)[C@@]3(F)C(C[C@H](F)C4=CC(=O)C=CC43C)C1C[C@@H](CN(O)CCCc1ccccc1)C2. The van der Waals surface area contributed by atoms with E-state index < -0.39 is 29.3 Å². The first kappa shape index (κ1) is 32.5. The average molecular weight is 601 g/mol. The zero-order valence-electron chi connectivity index (χ0n) is 24.6. The Morgan fingerprint density at radius 3 is 2.55 bits per heavy atom. The van der Waals surface area contributed by atoms with Crippen LogP contribution in [-0.4, -0.2) is 63.1 Å². The van der Waals surface area contributed by atoms with Crippen molar-refractivity contribution in [1.82, 2.24) is 5.06 Å². The molecule has 1 aromatic rings. The van der Waals surface area contributed by atoms with Gasteiger partial charge in [0.25, 0.3) is 0 Å². The number of hydroxylamine groups is 2. The smallest absolute Gasteiger partial charge is 0.186 e. The predicted octanol–water partition coefficient (Wildman–Crippen LogP) is 6.04. The Morgan fingerprint density at radius 2 is 1.90 bits per heavy atom. The number of hydrogen-bond acceptors (Lipinski definition) is 7. The van der Waals surface area contributed by atoms with E-state index in [1.165, 1.54) is 35.8 Å². The van der Waals surface area contributed by atoms with Crippen LogP contribution in [0.15, 0.2) is 54.1 Å². The third-order valence-corrected chi connectivity index (χ3v) is 10.7. The van der Waals surface area contributed by atoms with Crippen molar-refractivity contribution in [3.63, 3.8) is 0 Å². The molecule has 8 atom stereocenters. The minimum Gasteiger partial charge on any atom is -0.390 e. The van der Waals surface area contributed by atoms with Crippen LogP contribution in [0.3, 0.4) is 0 Å². The second-order valence-electron chi connectivity index (χ2n) is 12.8. The van der Waals surface area contributed by atoms with Gasteiger partial charge in [0.2, 0.25) is 0 Å². The second-order valence-corrected chi connectivity index (χ2v) is 14.0. The number of fused-ring (bicyclic) bond motifs is 5. The molecule has 0 aromatic heterocycles. The number of allylic oxidation sites excluding steroid dienone is 4. The number of aryl methyl sites for hydroxylation is 1. The number of aliphatic hydroxyl groups is 1. The van der Waals surface area contributed by atoms with E-state index in [2.05, 4.69) is 19.1 Å². The molecule has 5 unspecified atom stereocenters. The molecule has 6 nitrogen and oxygen atoms in total. The molecule has 0 heterocycles. The molecule has 0 amide bonds. The summed E-state index contributed by atoms with van der Waals surface area (Å²) in [4.78, 5) is 22.0. The van der Waals surface area contributed by atoms with Gasteiger partial charge in [-0.1, -0.05) is 55.1 Å². The van der Waals surface area contributed by atoms with Gasteiger partial charge in [-0.25, -0.2) is 8.78 Å². The van der Waals surface area contributed by atoms with Gasteiger partial charge in [-0.3, -0.25) is 9.59 Å². The van der Waals surface area contributed by atoms with Crippen molar-refractivity contribution in [2.45, 2.75) is 77.2 Å². The van der Waals surface area contributed by atoms with Crippen molar-refractivity contribution < 1.29 is 28.7 Å². The van der Waals surface area contributed by atoms with Crippen molar-refractivity contribution in [3.8, 4) is 6.07 Å². The lowest BCUT2D eigenvalue weighted by Gasteiger charge is -2.61. The van der Waals surface area contributed by atoms with Crippen LogP contribution >= 0.6 is 11.8 Å². The Morgan fingerprint density at radius 1 is 1.19 bits per heavy atom. The Kier molecular flexibility index (Phi) is 10.1. The van der Waals surface area contributed by atoms with Gasteiger partial charge >= 0.3 is 0 Å². The average Bonchev–Trinajstić information content (AvgIpc) is 3.26. The van der Waals surface area contributed by atoms with Crippen molar-refractivity contribution in [2.75, 3.05) is 18.8 Å². The zero-order chi connectivity index (χ0) is 30.7. The molecule has 0 radical (unpaired) electrons. The first-order valence-electron chi connectivity index (χ1n) is 14.8. The summed E-state index contributed by atoms with van der Waals surface area (Å²) in [5.74, 6) is -0.612. The topological polar surface area (TPSA) is 102 Å². The first-order valence-corrected chi connectivity index (χ1v) is 15.8. The van der Waals surface area contributed by atoms with E-state index in [-0.39, 0.29) is 45.9 Å². The normalized spacial score (nSPS) is 36.6. The van der Waals surface area contributed by atoms with Crippen LogP contribution in [0.5, 0.6) is 0 Å². The first-order chi connectivity index (χ1) is 19.8. The maximum atomic E-state index is 17.1. The summed E-state index contributed by atoms with van der Waals surface area (Å²) in [6.45, 7) is 6.24. The minimum absolute atomic E-state index is 0.00144. The number of carbonyl (C=O) groups excluding carboxylic acids is 2. The van der Waals surface area contributed by atoms with Crippen LogP contribution < -0.4 is 0 Å². The lowest BCUT2D eigenvalue weighted by molar-refractivity contribution is -0.195. The Bertz CT molecular complexity index is 1250. The molecule has 228 valence electrons. The number of nitriles is 1. The number of aliphatic hydroxyl groups excluding tert-OH is 1. The van der Waals surface area contributed by atoms with Gasteiger partial charge < -0.3 is 10.3 Å². The van der Waals surface area contributed by atoms with Crippen LogP contribution in [0, 0.1) is 39.9 Å². The molecule has 0 spiro atoms. The Balaban J connectivity index is 0.000000517. The second kappa shape index (κ2) is 13.1. The van der Waals surface area contributed by atoms with Gasteiger partial charge in [-0.2, -0.15) is 10.3 Å². The highest BCUT2D eigenvalue weighted by atomic mass is 32.2. The van der Waals surface area contributed by atoms with E-state index in [0.717, 1.165) is 31.0 Å². The fourth-order valence-electron chi connectivity index (χ4n) is 8.20. The number of rotatable bonds is 7. The minimum atomic E-state index is -2.02. The standard InChI is InChI=1S/C29H37F2NO3.C4H5NOS/c1-27-16-20(18-32(35)12-6-9-19-7-4-3-5-8-19)13-22(27)23-15-25(30)24-14-21(33)10-11-28(24,2)29(23,31)26(34)17-27;1-4(6)7-3-2-5/h3-5,7-8,10-11,14,20,22-23,25-26,34-35H,6,9,12-13,15-18H2,1-2H3;3H2,1H3/t20-,22?,23?,25+,26?,27?,28?,29+;/m1./s1. The van der Waals surface area contributed by atoms with E-state index >= 15 is 8.78 Å². The van der Waals surface area contributed by atoms with Crippen molar-refractivity contribution in [2.24, 2.45) is 28.6 Å². The molecule has 3 saturated carbocycles. The summed E-state index contributed by atoms with van der Waals surface area (Å²) in [5, 5.41) is 31.1. The summed E-state index contributed by atoms with van der Waals surface area (Å²) in [7, 11) is 0. The van der Waals surface area contributed by atoms with Crippen LogP contribution in [0.2, 0.25) is 0 Å². The fraction of sp³-hybridized carbons (Fsp3) is 0.606. The number of nitrogens with zero attached hydrogens (tertiary/aromatic N) is 2. The van der Waals surface area contributed by atoms with Crippen molar-refractivity contribution >= 4 is 22.7 Å². The monoisotopic (exact) mass is 600 g/mol. The number of thioether (sulfide) groups is 1. The van der Waals surface area contributed by atoms with Gasteiger partial charge in [0, 0.05) is 31.3 Å². The van der Waals surface area contributed by atoms with E-state index in [1.807, 2.05) is 24.3 Å². The molecule has 2 N–H and O–H groups in total. The fourth-order valence-corrected chi connectivity index (χ4v) is 8.47. The molecular formula is C33H42F2N2O4S. The molecule has 9 heteroatoms. The maximum absolute atomic E-state index is 17.1. The summed E-state index contributed by atoms with van der Waals surface area (Å²) < 4.78 is 32.5. The molecule has 0 saturated heterocycles. The number of alkyl halides is 2. The molecule has 0 bridgehead atoms. The van der Waals surface area contributed by atoms with E-state index in [1.54, 1.807) is 6.92 Å². The van der Waals surface area contributed by atoms with E-state index in [0.29, 0.717) is 25.9 Å².